The number of nitrogens with two attached hydrogens (primary N) is 1. The maximum atomic E-state index is 12.0. The molecule has 1 aromatic heterocycles. The van der Waals surface area contributed by atoms with Crippen molar-refractivity contribution in [3.05, 3.63) is 56.9 Å². The molecule has 3 N–H and O–H groups in total. The molecule has 0 saturated carbocycles. The molecule has 0 radical (unpaired) electrons. The third kappa shape index (κ3) is 3.95. The van der Waals surface area contributed by atoms with Crippen molar-refractivity contribution in [2.75, 3.05) is 11.1 Å². The fourth-order valence-corrected chi connectivity index (χ4v) is 2.28. The van der Waals surface area contributed by atoms with Gasteiger partial charge in [-0.2, -0.15) is 0 Å². The molecule has 0 aliphatic rings. The topological polar surface area (TPSA) is 77.1 Å². The number of aromatic nitrogens is 1. The minimum Gasteiger partial charge on any atom is -0.398 e. The van der Waals surface area contributed by atoms with Crippen LogP contribution in [-0.2, 0) is 11.3 Å². The fraction of sp³-hybridized carbons (Fsp3) is 0.200. The van der Waals surface area contributed by atoms with Crippen molar-refractivity contribution in [2.24, 2.45) is 0 Å². The number of hydrogen-bond donors (Lipinski definition) is 2. The van der Waals surface area contributed by atoms with Gasteiger partial charge in [0.1, 0.15) is 0 Å². The molecule has 5 nitrogen and oxygen atoms in total. The van der Waals surface area contributed by atoms with Gasteiger partial charge >= 0.3 is 0 Å². The third-order valence-electron chi connectivity index (χ3n) is 3.18. The molecule has 1 aromatic carbocycles. The fourth-order valence-electron chi connectivity index (χ4n) is 1.90. The number of amides is 1. The summed E-state index contributed by atoms with van der Waals surface area (Å²) in [6.07, 6.45) is 1.88. The third-order valence-corrected chi connectivity index (χ3v) is 3.65. The summed E-state index contributed by atoms with van der Waals surface area (Å²) in [6.45, 7) is 2.18. The smallest absolute Gasteiger partial charge is 0.250 e. The van der Waals surface area contributed by atoms with Gasteiger partial charge in [0.2, 0.25) is 5.91 Å². The lowest BCUT2D eigenvalue weighted by Gasteiger charge is -2.10. The first kappa shape index (κ1) is 15.3. The number of benzene rings is 1. The Bertz CT molecular complexity index is 725. The number of nitrogen functional groups attached to an aromatic ring is 1. The summed E-state index contributed by atoms with van der Waals surface area (Å²) in [7, 11) is 0. The second kappa shape index (κ2) is 6.58. The van der Waals surface area contributed by atoms with Crippen LogP contribution in [0.3, 0.4) is 0 Å². The summed E-state index contributed by atoms with van der Waals surface area (Å²) in [5.74, 6) is -0.157. The lowest BCUT2D eigenvalue weighted by atomic mass is 10.1. The molecule has 2 aromatic rings. The van der Waals surface area contributed by atoms with Crippen LogP contribution < -0.4 is 16.6 Å². The highest BCUT2D eigenvalue weighted by Gasteiger charge is 2.07. The van der Waals surface area contributed by atoms with Gasteiger partial charge in [0.05, 0.1) is 0 Å². The van der Waals surface area contributed by atoms with Gasteiger partial charge in [0.25, 0.3) is 5.56 Å². The van der Waals surface area contributed by atoms with Gasteiger partial charge in [-0.05, 0) is 46.6 Å². The van der Waals surface area contributed by atoms with E-state index in [1.54, 1.807) is 30.5 Å². The summed E-state index contributed by atoms with van der Waals surface area (Å²) in [5, 5.41) is 2.81. The zero-order valence-electron chi connectivity index (χ0n) is 11.6. The van der Waals surface area contributed by atoms with Crippen LogP contribution in [0.15, 0.2) is 45.8 Å². The number of aryl methyl sites for hydroxylation is 1. The van der Waals surface area contributed by atoms with Crippen LogP contribution in [-0.4, -0.2) is 10.5 Å². The Morgan fingerprint density at radius 1 is 1.33 bits per heavy atom. The van der Waals surface area contributed by atoms with Gasteiger partial charge < -0.3 is 15.6 Å². The summed E-state index contributed by atoms with van der Waals surface area (Å²) in [5.41, 5.74) is 7.83. The first-order valence-electron chi connectivity index (χ1n) is 6.48. The van der Waals surface area contributed by atoms with Gasteiger partial charge in [0, 0.05) is 41.1 Å². The zero-order valence-corrected chi connectivity index (χ0v) is 13.2. The number of pyridine rings is 1. The molecule has 0 fully saturated rings. The summed E-state index contributed by atoms with van der Waals surface area (Å²) >= 11 is 3.30. The highest BCUT2D eigenvalue weighted by Crippen LogP contribution is 2.20. The van der Waals surface area contributed by atoms with Crippen molar-refractivity contribution in [1.29, 1.82) is 0 Å². The zero-order chi connectivity index (χ0) is 15.4. The lowest BCUT2D eigenvalue weighted by molar-refractivity contribution is -0.116. The second-order valence-corrected chi connectivity index (χ2v) is 5.61. The van der Waals surface area contributed by atoms with E-state index < -0.39 is 0 Å². The first-order valence-corrected chi connectivity index (χ1v) is 7.27. The molecule has 0 aliphatic heterocycles. The molecule has 0 spiro atoms. The van der Waals surface area contributed by atoms with Gasteiger partial charge in [-0.25, -0.2) is 0 Å². The SMILES string of the molecule is Cc1c(N)cccc1NC(=O)CCn1cc(Br)ccc1=O. The van der Waals surface area contributed by atoms with Crippen LogP contribution in [0.2, 0.25) is 0 Å². The van der Waals surface area contributed by atoms with E-state index in [1.807, 2.05) is 6.92 Å². The van der Waals surface area contributed by atoms with Crippen molar-refractivity contribution in [3.8, 4) is 0 Å². The Balaban J connectivity index is 2.01. The Kier molecular flexibility index (Phi) is 4.80. The number of carbonyl (C=O) groups excluding carboxylic acids is 1. The minimum absolute atomic E-state index is 0.133. The minimum atomic E-state index is -0.157. The number of hydrogen-bond acceptors (Lipinski definition) is 3. The molecule has 1 amide bonds. The van der Waals surface area contributed by atoms with Crippen molar-refractivity contribution in [3.63, 3.8) is 0 Å². The van der Waals surface area contributed by atoms with E-state index >= 15 is 0 Å². The van der Waals surface area contributed by atoms with E-state index in [2.05, 4.69) is 21.2 Å². The molecule has 6 heteroatoms. The molecule has 1 heterocycles. The van der Waals surface area contributed by atoms with Crippen LogP contribution >= 0.6 is 15.9 Å². The lowest BCUT2D eigenvalue weighted by Crippen LogP contribution is -2.22. The van der Waals surface area contributed by atoms with Gasteiger partial charge in [-0.1, -0.05) is 6.07 Å². The van der Waals surface area contributed by atoms with Crippen LogP contribution in [0, 0.1) is 6.92 Å². The molecule has 0 atom stereocenters. The number of rotatable bonds is 4. The van der Waals surface area contributed by atoms with Gasteiger partial charge in [0.15, 0.2) is 0 Å². The molecule has 0 bridgehead atoms. The Morgan fingerprint density at radius 2 is 2.10 bits per heavy atom. The number of carbonyl (C=O) groups is 1. The summed E-state index contributed by atoms with van der Waals surface area (Å²) in [4.78, 5) is 23.6. The van der Waals surface area contributed by atoms with Crippen LogP contribution in [0.4, 0.5) is 11.4 Å². The molecule has 2 rings (SSSR count). The van der Waals surface area contributed by atoms with E-state index in [0.29, 0.717) is 17.9 Å². The van der Waals surface area contributed by atoms with E-state index in [1.165, 1.54) is 10.6 Å². The molecule has 0 saturated heterocycles. The van der Waals surface area contributed by atoms with Crippen LogP contribution in [0.1, 0.15) is 12.0 Å². The van der Waals surface area contributed by atoms with Gasteiger partial charge in [-0.15, -0.1) is 0 Å². The van der Waals surface area contributed by atoms with E-state index in [0.717, 1.165) is 10.0 Å². The van der Waals surface area contributed by atoms with Crippen LogP contribution in [0.25, 0.3) is 0 Å². The maximum Gasteiger partial charge on any atom is 0.250 e. The quantitative estimate of drug-likeness (QED) is 0.832. The van der Waals surface area contributed by atoms with Crippen molar-refractivity contribution in [2.45, 2.75) is 19.9 Å². The molecule has 0 aliphatic carbocycles. The number of nitrogens with one attached hydrogen (secondary N) is 1. The molecular weight excluding hydrogens is 334 g/mol. The maximum absolute atomic E-state index is 12.0. The molecule has 0 unspecified atom stereocenters. The molecular formula is C15H16BrN3O2. The van der Waals surface area contributed by atoms with Crippen molar-refractivity contribution >= 4 is 33.2 Å². The number of halogens is 1. The summed E-state index contributed by atoms with van der Waals surface area (Å²) in [6, 6.07) is 8.51. The average Bonchev–Trinajstić information content (AvgIpc) is 2.45. The number of nitrogens with zero attached hydrogens (tertiary/aromatic N) is 1. The first-order chi connectivity index (χ1) is 9.97. The number of anilines is 2. The predicted octanol–water partition coefficient (Wildman–Crippen LogP) is 2.53. The molecule has 110 valence electrons. The van der Waals surface area contributed by atoms with E-state index in [-0.39, 0.29) is 17.9 Å². The Morgan fingerprint density at radius 3 is 2.86 bits per heavy atom. The predicted molar refractivity (Wildman–Crippen MR) is 87.2 cm³/mol. The van der Waals surface area contributed by atoms with E-state index in [9.17, 15) is 9.59 Å². The monoisotopic (exact) mass is 349 g/mol. The molecule has 21 heavy (non-hydrogen) atoms. The normalized spacial score (nSPS) is 10.4. The Labute approximate surface area is 130 Å². The van der Waals surface area contributed by atoms with Crippen molar-refractivity contribution in [1.82, 2.24) is 4.57 Å². The van der Waals surface area contributed by atoms with Gasteiger partial charge in [-0.3, -0.25) is 9.59 Å². The highest BCUT2D eigenvalue weighted by molar-refractivity contribution is 9.10. The second-order valence-electron chi connectivity index (χ2n) is 4.70. The average molecular weight is 350 g/mol. The van der Waals surface area contributed by atoms with Crippen molar-refractivity contribution < 1.29 is 4.79 Å². The highest BCUT2D eigenvalue weighted by atomic mass is 79.9. The summed E-state index contributed by atoms with van der Waals surface area (Å²) < 4.78 is 2.30. The standard InChI is InChI=1S/C15H16BrN3O2/c1-10-12(17)3-2-4-13(10)18-14(20)7-8-19-9-11(16)5-6-15(19)21/h2-6,9H,7-8,17H2,1H3,(H,18,20). The largest absolute Gasteiger partial charge is 0.398 e. The Hall–Kier alpha value is -2.08. The van der Waals surface area contributed by atoms with E-state index in [4.69, 9.17) is 5.73 Å². The van der Waals surface area contributed by atoms with Crippen LogP contribution in [0.5, 0.6) is 0 Å².